The van der Waals surface area contributed by atoms with Crippen molar-refractivity contribution in [1.29, 1.82) is 0 Å². The highest BCUT2D eigenvalue weighted by atomic mass is 35.5. The number of hydrogen-bond acceptors (Lipinski definition) is 4. The molecule has 0 saturated heterocycles. The van der Waals surface area contributed by atoms with Crippen LogP contribution in [0.25, 0.3) is 11.5 Å². The molecule has 0 unspecified atom stereocenters. The van der Waals surface area contributed by atoms with Gasteiger partial charge in [-0.15, -0.1) is 12.4 Å². The molecule has 3 N–H and O–H groups in total. The zero-order valence-corrected chi connectivity index (χ0v) is 15.5. The van der Waals surface area contributed by atoms with Crippen LogP contribution in [0.4, 0.5) is 0 Å². The molecule has 26 heavy (non-hydrogen) atoms. The number of aromatic nitrogens is 2. The van der Waals surface area contributed by atoms with Gasteiger partial charge in [-0.05, 0) is 31.0 Å². The van der Waals surface area contributed by atoms with Crippen molar-refractivity contribution in [3.05, 3.63) is 65.5 Å². The summed E-state index contributed by atoms with van der Waals surface area (Å²) >= 11 is 0. The van der Waals surface area contributed by atoms with E-state index in [-0.39, 0.29) is 18.3 Å². The number of amides is 1. The predicted molar refractivity (Wildman–Crippen MR) is 103 cm³/mol. The number of furan rings is 1. The number of halogens is 1. The second-order valence-electron chi connectivity index (χ2n) is 5.89. The summed E-state index contributed by atoms with van der Waals surface area (Å²) < 4.78 is 5.56. The zero-order valence-electron chi connectivity index (χ0n) is 14.6. The normalized spacial score (nSPS) is 10.4. The van der Waals surface area contributed by atoms with E-state index < -0.39 is 0 Å². The van der Waals surface area contributed by atoms with Crippen LogP contribution in [0.5, 0.6) is 0 Å². The van der Waals surface area contributed by atoms with Crippen molar-refractivity contribution in [2.24, 2.45) is 5.73 Å². The average molecular weight is 375 g/mol. The zero-order chi connectivity index (χ0) is 17.6. The first-order valence-electron chi connectivity index (χ1n) is 8.33. The number of nitrogens with two attached hydrogens (primary N) is 1. The standard InChI is InChI=1S/C19H22N4O2.ClH/c1-14-7-8-18(25-14)16-13-17(22-21-16)19(24)23(12-10-20)11-9-15-5-3-2-4-6-15;/h2-8,13H,9-12,20H2,1H3,(H,21,22);1H. The van der Waals surface area contributed by atoms with Gasteiger partial charge in [0, 0.05) is 25.7 Å². The molecule has 0 saturated carbocycles. The third-order valence-electron chi connectivity index (χ3n) is 4.00. The minimum absolute atomic E-state index is 0. The number of nitrogens with one attached hydrogen (secondary N) is 1. The first-order chi connectivity index (χ1) is 12.2. The van der Waals surface area contributed by atoms with E-state index in [1.165, 1.54) is 5.56 Å². The van der Waals surface area contributed by atoms with E-state index in [9.17, 15) is 4.79 Å². The maximum absolute atomic E-state index is 12.8. The lowest BCUT2D eigenvalue weighted by Gasteiger charge is -2.21. The van der Waals surface area contributed by atoms with E-state index in [0.29, 0.717) is 36.8 Å². The summed E-state index contributed by atoms with van der Waals surface area (Å²) in [5, 5.41) is 7.01. The molecule has 0 atom stereocenters. The fourth-order valence-electron chi connectivity index (χ4n) is 2.68. The SMILES string of the molecule is Cc1ccc(-c2cc(C(=O)N(CCN)CCc3ccccc3)n[nH]2)o1.Cl. The molecule has 2 heterocycles. The number of aryl methyl sites for hydroxylation is 1. The van der Waals surface area contributed by atoms with Gasteiger partial charge in [-0.3, -0.25) is 9.89 Å². The van der Waals surface area contributed by atoms with Gasteiger partial charge in [-0.25, -0.2) is 0 Å². The van der Waals surface area contributed by atoms with E-state index in [0.717, 1.165) is 12.2 Å². The summed E-state index contributed by atoms with van der Waals surface area (Å²) in [7, 11) is 0. The third-order valence-corrected chi connectivity index (χ3v) is 4.00. The van der Waals surface area contributed by atoms with Crippen molar-refractivity contribution in [3.63, 3.8) is 0 Å². The Morgan fingerprint density at radius 1 is 1.19 bits per heavy atom. The van der Waals surface area contributed by atoms with Crippen LogP contribution in [0.15, 0.2) is 52.9 Å². The largest absolute Gasteiger partial charge is 0.460 e. The second-order valence-corrected chi connectivity index (χ2v) is 5.89. The van der Waals surface area contributed by atoms with Gasteiger partial charge in [-0.1, -0.05) is 30.3 Å². The number of carbonyl (C=O) groups excluding carboxylic acids is 1. The molecular weight excluding hydrogens is 352 g/mol. The van der Waals surface area contributed by atoms with Gasteiger partial charge >= 0.3 is 0 Å². The average Bonchev–Trinajstić information content (AvgIpc) is 3.28. The fourth-order valence-corrected chi connectivity index (χ4v) is 2.68. The van der Waals surface area contributed by atoms with E-state index in [4.69, 9.17) is 10.2 Å². The number of H-pyrrole nitrogens is 1. The molecule has 0 radical (unpaired) electrons. The Labute approximate surface area is 158 Å². The molecule has 3 aromatic rings. The van der Waals surface area contributed by atoms with Gasteiger partial charge in [0.05, 0.1) is 0 Å². The smallest absolute Gasteiger partial charge is 0.274 e. The van der Waals surface area contributed by atoms with E-state index >= 15 is 0 Å². The number of hydrogen-bond donors (Lipinski definition) is 2. The molecule has 1 amide bonds. The Balaban J connectivity index is 0.00000243. The van der Waals surface area contributed by atoms with Crippen molar-refractivity contribution in [2.45, 2.75) is 13.3 Å². The summed E-state index contributed by atoms with van der Waals surface area (Å²) in [6, 6.07) is 15.5. The van der Waals surface area contributed by atoms with Crippen molar-refractivity contribution in [1.82, 2.24) is 15.1 Å². The van der Waals surface area contributed by atoms with Gasteiger partial charge in [-0.2, -0.15) is 5.10 Å². The molecule has 6 nitrogen and oxygen atoms in total. The van der Waals surface area contributed by atoms with Crippen molar-refractivity contribution < 1.29 is 9.21 Å². The Hall–Kier alpha value is -2.57. The lowest BCUT2D eigenvalue weighted by atomic mass is 10.1. The van der Waals surface area contributed by atoms with E-state index in [1.807, 2.05) is 37.3 Å². The Morgan fingerprint density at radius 3 is 2.62 bits per heavy atom. The minimum Gasteiger partial charge on any atom is -0.460 e. The predicted octanol–water partition coefficient (Wildman–Crippen LogP) is 3.04. The topological polar surface area (TPSA) is 88.1 Å². The van der Waals surface area contributed by atoms with Crippen LogP contribution in [0.3, 0.4) is 0 Å². The summed E-state index contributed by atoms with van der Waals surface area (Å²) in [5.74, 6) is 1.34. The molecule has 0 spiro atoms. The molecule has 0 aliphatic rings. The highest BCUT2D eigenvalue weighted by Gasteiger charge is 2.19. The first kappa shape index (κ1) is 19.8. The number of benzene rings is 1. The molecule has 2 aromatic heterocycles. The Bertz CT molecular complexity index is 829. The van der Waals surface area contributed by atoms with Gasteiger partial charge in [0.2, 0.25) is 0 Å². The van der Waals surface area contributed by atoms with Crippen LogP contribution in [0.2, 0.25) is 0 Å². The maximum Gasteiger partial charge on any atom is 0.274 e. The van der Waals surface area contributed by atoms with Gasteiger partial charge < -0.3 is 15.1 Å². The molecule has 1 aromatic carbocycles. The van der Waals surface area contributed by atoms with Crippen LogP contribution in [0.1, 0.15) is 21.8 Å². The van der Waals surface area contributed by atoms with Crippen molar-refractivity contribution in [2.75, 3.05) is 19.6 Å². The molecule has 138 valence electrons. The number of carbonyl (C=O) groups is 1. The maximum atomic E-state index is 12.8. The number of nitrogens with zero attached hydrogens (tertiary/aromatic N) is 2. The molecule has 0 aliphatic heterocycles. The highest BCUT2D eigenvalue weighted by molar-refractivity contribution is 5.93. The third kappa shape index (κ3) is 4.74. The van der Waals surface area contributed by atoms with Crippen LogP contribution in [-0.2, 0) is 6.42 Å². The van der Waals surface area contributed by atoms with E-state index in [2.05, 4.69) is 22.3 Å². The van der Waals surface area contributed by atoms with Crippen LogP contribution in [-0.4, -0.2) is 40.6 Å². The lowest BCUT2D eigenvalue weighted by Crippen LogP contribution is -2.37. The van der Waals surface area contributed by atoms with Crippen LogP contribution < -0.4 is 5.73 Å². The Morgan fingerprint density at radius 2 is 1.96 bits per heavy atom. The minimum atomic E-state index is -0.132. The molecule has 3 rings (SSSR count). The quantitative estimate of drug-likeness (QED) is 0.665. The monoisotopic (exact) mass is 374 g/mol. The summed E-state index contributed by atoms with van der Waals surface area (Å²) in [4.78, 5) is 14.5. The summed E-state index contributed by atoms with van der Waals surface area (Å²) in [6.07, 6.45) is 0.779. The van der Waals surface area contributed by atoms with E-state index in [1.54, 1.807) is 11.0 Å². The lowest BCUT2D eigenvalue weighted by molar-refractivity contribution is 0.0756. The van der Waals surface area contributed by atoms with Gasteiger partial charge in [0.15, 0.2) is 11.5 Å². The number of rotatable bonds is 7. The molecular formula is C19H23ClN4O2. The molecule has 7 heteroatoms. The highest BCUT2D eigenvalue weighted by Crippen LogP contribution is 2.20. The van der Waals surface area contributed by atoms with Crippen molar-refractivity contribution >= 4 is 18.3 Å². The first-order valence-corrected chi connectivity index (χ1v) is 8.33. The van der Waals surface area contributed by atoms with Crippen LogP contribution >= 0.6 is 12.4 Å². The Kier molecular flexibility index (Phi) is 7.00. The fraction of sp³-hybridized carbons (Fsp3) is 0.263. The summed E-state index contributed by atoms with van der Waals surface area (Å²) in [5.41, 5.74) is 7.92. The van der Waals surface area contributed by atoms with Gasteiger partial charge in [0.1, 0.15) is 11.5 Å². The molecule has 0 fully saturated rings. The number of aromatic amines is 1. The van der Waals surface area contributed by atoms with Gasteiger partial charge in [0.25, 0.3) is 5.91 Å². The molecule has 0 bridgehead atoms. The molecule has 0 aliphatic carbocycles. The second kappa shape index (κ2) is 9.22. The van der Waals surface area contributed by atoms with Crippen LogP contribution in [0, 0.1) is 6.92 Å². The summed E-state index contributed by atoms with van der Waals surface area (Å²) in [6.45, 7) is 3.38. The van der Waals surface area contributed by atoms with Crippen molar-refractivity contribution in [3.8, 4) is 11.5 Å².